The number of benzene rings is 4. The van der Waals surface area contributed by atoms with E-state index in [1.54, 1.807) is 19.1 Å². The Kier molecular flexibility index (Phi) is 8.80. The Morgan fingerprint density at radius 1 is 0.837 bits per heavy atom. The van der Waals surface area contributed by atoms with E-state index in [4.69, 9.17) is 4.74 Å². The van der Waals surface area contributed by atoms with E-state index in [1.807, 2.05) is 60.7 Å². The highest BCUT2D eigenvalue weighted by Crippen LogP contribution is 2.24. The van der Waals surface area contributed by atoms with Crippen molar-refractivity contribution in [1.29, 1.82) is 0 Å². The topological polar surface area (TPSA) is 99.3 Å². The first kappa shape index (κ1) is 29.1. The van der Waals surface area contributed by atoms with Crippen LogP contribution in [0, 0.1) is 18.6 Å². The minimum Gasteiger partial charge on any atom is -0.457 e. The summed E-state index contributed by atoms with van der Waals surface area (Å²) in [5.74, 6) is -2.68. The number of nitrogens with zero attached hydrogens (tertiary/aromatic N) is 5. The Bertz CT molecular complexity index is 1790. The van der Waals surface area contributed by atoms with Gasteiger partial charge in [-0.15, -0.1) is 4.68 Å². The van der Waals surface area contributed by atoms with Crippen LogP contribution in [0.3, 0.4) is 0 Å². The van der Waals surface area contributed by atoms with E-state index in [0.717, 1.165) is 29.3 Å². The van der Waals surface area contributed by atoms with Crippen molar-refractivity contribution in [3.63, 3.8) is 0 Å². The van der Waals surface area contributed by atoms with Crippen molar-refractivity contribution in [2.24, 2.45) is 0 Å². The summed E-state index contributed by atoms with van der Waals surface area (Å²) in [6, 6.07) is 25.8. The van der Waals surface area contributed by atoms with Crippen LogP contribution in [0.25, 0.3) is 5.69 Å². The number of carbonyl (C=O) groups excluding carboxylic acids is 2. The maximum atomic E-state index is 14.4. The molecule has 9 nitrogen and oxygen atoms in total. The van der Waals surface area contributed by atoms with Crippen molar-refractivity contribution in [1.82, 2.24) is 19.8 Å². The number of hydrogen-bond acceptors (Lipinski definition) is 6. The maximum Gasteiger partial charge on any atom is 0.377 e. The van der Waals surface area contributed by atoms with Crippen LogP contribution in [0.15, 0.2) is 102 Å². The van der Waals surface area contributed by atoms with E-state index >= 15 is 0 Å². The molecule has 0 spiro atoms. The second-order valence-electron chi connectivity index (χ2n) is 9.74. The van der Waals surface area contributed by atoms with Crippen LogP contribution in [0.5, 0.6) is 0 Å². The lowest BCUT2D eigenvalue weighted by Crippen LogP contribution is -2.42. The number of aryl methyl sites for hydroxylation is 2. The fourth-order valence-corrected chi connectivity index (χ4v) is 4.55. The van der Waals surface area contributed by atoms with Gasteiger partial charge in [-0.2, -0.15) is 4.68 Å². The first-order valence-electron chi connectivity index (χ1n) is 13.5. The summed E-state index contributed by atoms with van der Waals surface area (Å²) in [6.45, 7) is 1.94. The number of tetrazole rings is 1. The predicted octanol–water partition coefficient (Wildman–Crippen LogP) is 5.48. The average Bonchev–Trinajstić information content (AvgIpc) is 3.39. The average molecular weight is 584 g/mol. The molecule has 4 aromatic carbocycles. The molecule has 11 heteroatoms. The highest BCUT2D eigenvalue weighted by molar-refractivity contribution is 5.96. The Balaban J connectivity index is 1.46. The van der Waals surface area contributed by atoms with Gasteiger partial charge in [0.2, 0.25) is 0 Å². The molecule has 218 valence electrons. The number of carbonyl (C=O) groups is 2. The van der Waals surface area contributed by atoms with E-state index in [2.05, 4.69) is 10.4 Å². The van der Waals surface area contributed by atoms with Gasteiger partial charge in [-0.25, -0.2) is 23.2 Å². The summed E-state index contributed by atoms with van der Waals surface area (Å²) in [6.07, 6.45) is 1.10. The number of para-hydroxylation sites is 1. The highest BCUT2D eigenvalue weighted by atomic mass is 19.1. The number of anilines is 1. The quantitative estimate of drug-likeness (QED) is 0.168. The molecule has 1 aromatic heterocycles. The Morgan fingerprint density at radius 2 is 1.49 bits per heavy atom. The van der Waals surface area contributed by atoms with Crippen LogP contribution in [0.1, 0.15) is 33.5 Å². The SMILES string of the molecule is Cc1ccc(C(=O)OCc2ccccc2)cc1N(CCCc1ccccc1)C(=O)n1nnn(-c2c(F)cccc2F)c1=O. The molecule has 0 radical (unpaired) electrons. The van der Waals surface area contributed by atoms with E-state index in [1.165, 1.54) is 11.0 Å². The van der Waals surface area contributed by atoms with Crippen LogP contribution < -0.4 is 10.6 Å². The number of aromatic nitrogens is 4. The van der Waals surface area contributed by atoms with E-state index in [9.17, 15) is 23.2 Å². The summed E-state index contributed by atoms with van der Waals surface area (Å²) in [5.41, 5.74) is 1.12. The second kappa shape index (κ2) is 13.0. The van der Waals surface area contributed by atoms with Gasteiger partial charge in [0.25, 0.3) is 0 Å². The molecule has 0 atom stereocenters. The molecule has 0 aliphatic heterocycles. The predicted molar refractivity (Wildman–Crippen MR) is 155 cm³/mol. The van der Waals surface area contributed by atoms with Crippen LogP contribution in [0.2, 0.25) is 0 Å². The molecular formula is C32H27F2N5O4. The van der Waals surface area contributed by atoms with Crippen molar-refractivity contribution in [3.8, 4) is 5.69 Å². The number of rotatable bonds is 9. The zero-order valence-electron chi connectivity index (χ0n) is 23.2. The molecule has 5 rings (SSSR count). The number of halogens is 2. The number of esters is 1. The standard InChI is InChI=1S/C32H27F2N5O4/c1-22-17-18-25(30(40)43-21-24-12-6-3-7-13-24)20-28(22)37(19-9-14-23-10-4-2-5-11-23)31(41)39-32(42)38(35-36-39)29-26(33)15-8-16-27(29)34/h2-8,10-13,15-18,20H,9,14,19,21H2,1H3. The summed E-state index contributed by atoms with van der Waals surface area (Å²) >= 11 is 0. The molecule has 1 heterocycles. The summed E-state index contributed by atoms with van der Waals surface area (Å²) in [5, 5.41) is 7.21. The summed E-state index contributed by atoms with van der Waals surface area (Å²) in [4.78, 5) is 41.2. The normalized spacial score (nSPS) is 10.9. The van der Waals surface area contributed by atoms with Gasteiger partial charge in [0, 0.05) is 12.2 Å². The van der Waals surface area contributed by atoms with Gasteiger partial charge in [0.15, 0.2) is 11.6 Å². The molecule has 0 saturated heterocycles. The molecule has 1 amide bonds. The zero-order valence-corrected chi connectivity index (χ0v) is 23.2. The Morgan fingerprint density at radius 3 is 2.16 bits per heavy atom. The van der Waals surface area contributed by atoms with Gasteiger partial charge in [-0.3, -0.25) is 4.90 Å². The second-order valence-corrected chi connectivity index (χ2v) is 9.74. The lowest BCUT2D eigenvalue weighted by molar-refractivity contribution is 0.0472. The Hall–Kier alpha value is -5.45. The summed E-state index contributed by atoms with van der Waals surface area (Å²) < 4.78 is 35.1. The number of ether oxygens (including phenoxy) is 1. The fraction of sp³-hybridized carbons (Fsp3) is 0.156. The molecule has 5 aromatic rings. The smallest absolute Gasteiger partial charge is 0.377 e. The van der Waals surface area contributed by atoms with Gasteiger partial charge >= 0.3 is 17.7 Å². The van der Waals surface area contributed by atoms with Crippen LogP contribution in [0.4, 0.5) is 19.3 Å². The van der Waals surface area contributed by atoms with E-state index in [0.29, 0.717) is 33.5 Å². The van der Waals surface area contributed by atoms with Crippen molar-refractivity contribution in [2.75, 3.05) is 11.4 Å². The molecule has 0 aliphatic carbocycles. The monoisotopic (exact) mass is 583 g/mol. The first-order valence-corrected chi connectivity index (χ1v) is 13.5. The van der Waals surface area contributed by atoms with Gasteiger partial charge in [0.1, 0.15) is 12.3 Å². The van der Waals surface area contributed by atoms with Crippen molar-refractivity contribution in [2.45, 2.75) is 26.4 Å². The van der Waals surface area contributed by atoms with Crippen molar-refractivity contribution in [3.05, 3.63) is 141 Å². The molecule has 0 saturated carbocycles. The Labute approximate surface area is 245 Å². The molecule has 0 aliphatic rings. The maximum absolute atomic E-state index is 14.4. The molecular weight excluding hydrogens is 556 g/mol. The molecule has 0 fully saturated rings. The van der Waals surface area contributed by atoms with E-state index in [-0.39, 0.29) is 18.7 Å². The van der Waals surface area contributed by atoms with Crippen LogP contribution in [-0.2, 0) is 17.8 Å². The third-order valence-electron chi connectivity index (χ3n) is 6.78. The molecule has 0 bridgehead atoms. The third-order valence-corrected chi connectivity index (χ3v) is 6.78. The van der Waals surface area contributed by atoms with Gasteiger partial charge < -0.3 is 4.74 Å². The first-order chi connectivity index (χ1) is 20.8. The lowest BCUT2D eigenvalue weighted by Gasteiger charge is -2.24. The van der Waals surface area contributed by atoms with Gasteiger partial charge in [-0.05, 0) is 71.1 Å². The summed E-state index contributed by atoms with van der Waals surface area (Å²) in [7, 11) is 0. The van der Waals surface area contributed by atoms with Crippen LogP contribution in [-0.4, -0.2) is 38.3 Å². The molecule has 43 heavy (non-hydrogen) atoms. The number of hydrogen-bond donors (Lipinski definition) is 0. The third kappa shape index (κ3) is 6.56. The van der Waals surface area contributed by atoms with Crippen molar-refractivity contribution >= 4 is 17.7 Å². The van der Waals surface area contributed by atoms with Gasteiger partial charge in [-0.1, -0.05) is 72.8 Å². The lowest BCUT2D eigenvalue weighted by atomic mass is 10.1. The fourth-order valence-electron chi connectivity index (χ4n) is 4.55. The van der Waals surface area contributed by atoms with Crippen LogP contribution >= 0.6 is 0 Å². The number of amides is 1. The highest BCUT2D eigenvalue weighted by Gasteiger charge is 2.26. The van der Waals surface area contributed by atoms with E-state index < -0.39 is 35.0 Å². The molecule has 0 unspecified atom stereocenters. The minimum atomic E-state index is -1.15. The zero-order chi connectivity index (χ0) is 30.3. The van der Waals surface area contributed by atoms with Crippen molar-refractivity contribution < 1.29 is 23.1 Å². The molecule has 0 N–H and O–H groups in total. The minimum absolute atomic E-state index is 0.0632. The largest absolute Gasteiger partial charge is 0.457 e. The van der Waals surface area contributed by atoms with Gasteiger partial charge in [0.05, 0.1) is 5.56 Å².